The second-order valence-corrected chi connectivity index (χ2v) is 3.86. The third kappa shape index (κ3) is 2.57. The lowest BCUT2D eigenvalue weighted by Crippen LogP contribution is -2.25. The van der Waals surface area contributed by atoms with Gasteiger partial charge in [0.2, 0.25) is 5.76 Å². The first-order valence-corrected chi connectivity index (χ1v) is 5.70. The number of carbonyl (C=O) groups is 1. The van der Waals surface area contributed by atoms with Crippen LogP contribution in [0.5, 0.6) is 0 Å². The Morgan fingerprint density at radius 3 is 2.78 bits per heavy atom. The first kappa shape index (κ1) is 12.3. The Kier molecular flexibility index (Phi) is 3.74. The summed E-state index contributed by atoms with van der Waals surface area (Å²) in [5.74, 6) is 0.490. The maximum Gasteiger partial charge on any atom is 0.295 e. The van der Waals surface area contributed by atoms with Crippen LogP contribution in [0.4, 0.5) is 5.69 Å². The molecule has 0 saturated heterocycles. The van der Waals surface area contributed by atoms with E-state index in [1.807, 2.05) is 30.3 Å². The van der Waals surface area contributed by atoms with Gasteiger partial charge in [-0.25, -0.2) is 4.98 Å². The van der Waals surface area contributed by atoms with Crippen molar-refractivity contribution in [2.75, 3.05) is 18.5 Å². The van der Waals surface area contributed by atoms with Crippen molar-refractivity contribution < 1.29 is 9.21 Å². The second-order valence-electron chi connectivity index (χ2n) is 3.86. The van der Waals surface area contributed by atoms with Crippen LogP contribution in [0.2, 0.25) is 0 Å². The molecule has 2 N–H and O–H groups in total. The predicted molar refractivity (Wildman–Crippen MR) is 68.4 cm³/mol. The summed E-state index contributed by atoms with van der Waals surface area (Å²) >= 11 is 0. The molecule has 5 heteroatoms. The van der Waals surface area contributed by atoms with Crippen molar-refractivity contribution in [3.05, 3.63) is 48.2 Å². The van der Waals surface area contributed by atoms with Crippen molar-refractivity contribution in [3.63, 3.8) is 0 Å². The number of aromatic nitrogens is 1. The van der Waals surface area contributed by atoms with Crippen molar-refractivity contribution in [2.45, 2.75) is 6.42 Å². The lowest BCUT2D eigenvalue weighted by molar-refractivity contribution is 0.0964. The van der Waals surface area contributed by atoms with E-state index in [1.165, 1.54) is 11.1 Å². The molecule has 0 saturated carbocycles. The molecule has 1 heterocycles. The Labute approximate surface area is 105 Å². The number of oxazole rings is 1. The number of para-hydroxylation sites is 1. The Bertz CT molecular complexity index is 522. The van der Waals surface area contributed by atoms with Crippen LogP contribution in [0.25, 0.3) is 0 Å². The molecule has 0 unspecified atom stereocenters. The molecule has 0 atom stereocenters. The second kappa shape index (κ2) is 5.46. The fourth-order valence-corrected chi connectivity index (χ4v) is 1.58. The number of nitrogens with zero attached hydrogens (tertiary/aromatic N) is 2. The van der Waals surface area contributed by atoms with E-state index in [0.717, 1.165) is 5.69 Å². The van der Waals surface area contributed by atoms with E-state index in [4.69, 9.17) is 10.2 Å². The standard InChI is InChI=1S/C13H15N3O2/c1-16(10-5-3-2-4-6-10)13(17)11-9-15-12(18-11)7-8-14/h2-6,9H,7-8,14H2,1H3. The van der Waals surface area contributed by atoms with Crippen LogP contribution in [0.15, 0.2) is 40.9 Å². The van der Waals surface area contributed by atoms with Crippen molar-refractivity contribution in [1.82, 2.24) is 4.98 Å². The molecule has 2 rings (SSSR count). The average Bonchev–Trinajstić information content (AvgIpc) is 2.87. The molecule has 94 valence electrons. The molecule has 1 amide bonds. The van der Waals surface area contributed by atoms with Gasteiger partial charge < -0.3 is 15.1 Å². The van der Waals surface area contributed by atoms with Crippen molar-refractivity contribution in [1.29, 1.82) is 0 Å². The number of nitrogens with two attached hydrogens (primary N) is 1. The highest BCUT2D eigenvalue weighted by Crippen LogP contribution is 2.15. The molecule has 1 aromatic heterocycles. The molecule has 0 aliphatic rings. The Morgan fingerprint density at radius 2 is 2.11 bits per heavy atom. The third-order valence-corrected chi connectivity index (χ3v) is 2.57. The number of benzene rings is 1. The summed E-state index contributed by atoms with van der Waals surface area (Å²) in [5, 5.41) is 0. The molecule has 0 bridgehead atoms. The van der Waals surface area contributed by atoms with E-state index < -0.39 is 0 Å². The van der Waals surface area contributed by atoms with Gasteiger partial charge >= 0.3 is 0 Å². The molecule has 0 aliphatic heterocycles. The SMILES string of the molecule is CN(C(=O)c1cnc(CCN)o1)c1ccccc1. The number of rotatable bonds is 4. The summed E-state index contributed by atoms with van der Waals surface area (Å²) in [7, 11) is 1.70. The van der Waals surface area contributed by atoms with E-state index in [-0.39, 0.29) is 11.7 Å². The summed E-state index contributed by atoms with van der Waals surface area (Å²) in [6.45, 7) is 0.447. The van der Waals surface area contributed by atoms with Crippen LogP contribution in [0.1, 0.15) is 16.4 Å². The zero-order valence-electron chi connectivity index (χ0n) is 10.2. The van der Waals surface area contributed by atoms with Crippen LogP contribution in [-0.4, -0.2) is 24.5 Å². The minimum Gasteiger partial charge on any atom is -0.435 e. The zero-order chi connectivity index (χ0) is 13.0. The predicted octanol–water partition coefficient (Wildman–Crippen LogP) is 1.45. The fourth-order valence-electron chi connectivity index (χ4n) is 1.58. The molecule has 18 heavy (non-hydrogen) atoms. The quantitative estimate of drug-likeness (QED) is 0.885. The van der Waals surface area contributed by atoms with Gasteiger partial charge in [-0.05, 0) is 12.1 Å². The van der Waals surface area contributed by atoms with Crippen molar-refractivity contribution in [3.8, 4) is 0 Å². The third-order valence-electron chi connectivity index (χ3n) is 2.57. The highest BCUT2D eigenvalue weighted by Gasteiger charge is 2.17. The van der Waals surface area contributed by atoms with Gasteiger partial charge in [0.05, 0.1) is 6.20 Å². The minimum atomic E-state index is -0.225. The van der Waals surface area contributed by atoms with Crippen molar-refractivity contribution in [2.24, 2.45) is 5.73 Å². The Morgan fingerprint density at radius 1 is 1.39 bits per heavy atom. The number of hydrogen-bond donors (Lipinski definition) is 1. The van der Waals surface area contributed by atoms with Gasteiger partial charge in [0.1, 0.15) is 0 Å². The number of hydrogen-bond acceptors (Lipinski definition) is 4. The van der Waals surface area contributed by atoms with Crippen molar-refractivity contribution >= 4 is 11.6 Å². The largest absolute Gasteiger partial charge is 0.435 e. The van der Waals surface area contributed by atoms with Gasteiger partial charge in [-0.15, -0.1) is 0 Å². The number of carbonyl (C=O) groups excluding carboxylic acids is 1. The summed E-state index contributed by atoms with van der Waals surface area (Å²) in [6, 6.07) is 9.36. The maximum absolute atomic E-state index is 12.1. The smallest absolute Gasteiger partial charge is 0.295 e. The lowest BCUT2D eigenvalue weighted by atomic mass is 10.3. The highest BCUT2D eigenvalue weighted by molar-refractivity contribution is 6.03. The molecule has 0 aliphatic carbocycles. The molecule has 1 aromatic carbocycles. The number of amides is 1. The van der Waals surface area contributed by atoms with Gasteiger partial charge in [-0.1, -0.05) is 18.2 Å². The van der Waals surface area contributed by atoms with Crippen LogP contribution >= 0.6 is 0 Å². The van der Waals surface area contributed by atoms with Crippen LogP contribution in [-0.2, 0) is 6.42 Å². The molecule has 5 nitrogen and oxygen atoms in total. The van der Waals surface area contributed by atoms with Crippen LogP contribution < -0.4 is 10.6 Å². The minimum absolute atomic E-state index is 0.225. The average molecular weight is 245 g/mol. The molecular weight excluding hydrogens is 230 g/mol. The van der Waals surface area contributed by atoms with Gasteiger partial charge in [-0.2, -0.15) is 0 Å². The van der Waals surface area contributed by atoms with E-state index in [0.29, 0.717) is 18.9 Å². The molecule has 0 spiro atoms. The normalized spacial score (nSPS) is 10.3. The van der Waals surface area contributed by atoms with E-state index in [1.54, 1.807) is 7.05 Å². The lowest BCUT2D eigenvalue weighted by Gasteiger charge is -2.15. The first-order chi connectivity index (χ1) is 8.72. The number of anilines is 1. The Hall–Kier alpha value is -2.14. The van der Waals surface area contributed by atoms with E-state index in [2.05, 4.69) is 4.98 Å². The van der Waals surface area contributed by atoms with Crippen LogP contribution in [0.3, 0.4) is 0 Å². The summed E-state index contributed by atoms with van der Waals surface area (Å²) in [6.07, 6.45) is 1.97. The summed E-state index contributed by atoms with van der Waals surface area (Å²) in [4.78, 5) is 17.7. The van der Waals surface area contributed by atoms with Crippen LogP contribution in [0, 0.1) is 0 Å². The monoisotopic (exact) mass is 245 g/mol. The van der Waals surface area contributed by atoms with Gasteiger partial charge in [0.25, 0.3) is 5.91 Å². The molecular formula is C13H15N3O2. The molecule has 2 aromatic rings. The zero-order valence-corrected chi connectivity index (χ0v) is 10.2. The Balaban J connectivity index is 2.15. The van der Waals surface area contributed by atoms with Gasteiger partial charge in [0, 0.05) is 25.7 Å². The summed E-state index contributed by atoms with van der Waals surface area (Å²) in [5.41, 5.74) is 6.21. The van der Waals surface area contributed by atoms with Gasteiger partial charge in [0.15, 0.2) is 5.89 Å². The molecule has 0 fully saturated rings. The first-order valence-electron chi connectivity index (χ1n) is 5.70. The maximum atomic E-state index is 12.1. The van der Waals surface area contributed by atoms with E-state index >= 15 is 0 Å². The molecule has 0 radical (unpaired) electrons. The topological polar surface area (TPSA) is 72.4 Å². The summed E-state index contributed by atoms with van der Waals surface area (Å²) < 4.78 is 5.35. The highest BCUT2D eigenvalue weighted by atomic mass is 16.4. The van der Waals surface area contributed by atoms with Gasteiger partial charge in [-0.3, -0.25) is 4.79 Å². The van der Waals surface area contributed by atoms with E-state index in [9.17, 15) is 4.79 Å². The fraction of sp³-hybridized carbons (Fsp3) is 0.231.